The van der Waals surface area contributed by atoms with Crippen molar-refractivity contribution in [1.29, 1.82) is 0 Å². The van der Waals surface area contributed by atoms with E-state index in [0.29, 0.717) is 23.6 Å². The van der Waals surface area contributed by atoms with Crippen LogP contribution >= 0.6 is 0 Å². The van der Waals surface area contributed by atoms with Crippen molar-refractivity contribution < 1.29 is 27.8 Å². The molecule has 2 aromatic heterocycles. The van der Waals surface area contributed by atoms with Crippen LogP contribution in [0.4, 0.5) is 19.1 Å². The molecule has 0 aliphatic carbocycles. The third kappa shape index (κ3) is 3.96. The van der Waals surface area contributed by atoms with Gasteiger partial charge in [-0.3, -0.25) is 9.78 Å². The molecule has 0 aliphatic heterocycles. The number of para-hydroxylation sites is 1. The summed E-state index contributed by atoms with van der Waals surface area (Å²) >= 11 is 0. The van der Waals surface area contributed by atoms with E-state index in [1.807, 2.05) is 0 Å². The monoisotopic (exact) mass is 421 g/mol. The van der Waals surface area contributed by atoms with Gasteiger partial charge >= 0.3 is 6.18 Å². The van der Waals surface area contributed by atoms with Crippen molar-refractivity contribution in [3.8, 4) is 5.75 Å². The molecule has 11 heteroatoms. The SMILES string of the molecule is COc1cccc2c(C(=O)NCc3cccc(C(C)(O)C(F)(F)F)n3)nc(N)nc12. The number of methoxy groups -OCH3 is 1. The van der Waals surface area contributed by atoms with Gasteiger partial charge in [-0.1, -0.05) is 18.2 Å². The van der Waals surface area contributed by atoms with Gasteiger partial charge in [-0.25, -0.2) is 9.97 Å². The molecule has 0 bridgehead atoms. The van der Waals surface area contributed by atoms with Gasteiger partial charge in [0.05, 0.1) is 25.0 Å². The normalized spacial score (nSPS) is 13.7. The van der Waals surface area contributed by atoms with Crippen molar-refractivity contribution in [1.82, 2.24) is 20.3 Å². The first-order valence-corrected chi connectivity index (χ1v) is 8.68. The number of aromatic nitrogens is 3. The van der Waals surface area contributed by atoms with Gasteiger partial charge < -0.3 is 20.9 Å². The van der Waals surface area contributed by atoms with Crippen LogP contribution in [0.3, 0.4) is 0 Å². The fraction of sp³-hybridized carbons (Fsp3) is 0.263. The number of anilines is 1. The average molecular weight is 421 g/mol. The first-order chi connectivity index (χ1) is 14.0. The maximum absolute atomic E-state index is 13.0. The van der Waals surface area contributed by atoms with Gasteiger partial charge in [-0.15, -0.1) is 0 Å². The Labute approximate surface area is 168 Å². The Kier molecular flexibility index (Phi) is 5.49. The maximum atomic E-state index is 13.0. The minimum Gasteiger partial charge on any atom is -0.494 e. The third-order valence-electron chi connectivity index (χ3n) is 4.43. The lowest BCUT2D eigenvalue weighted by Crippen LogP contribution is -2.40. The van der Waals surface area contributed by atoms with Crippen LogP contribution < -0.4 is 15.8 Å². The largest absolute Gasteiger partial charge is 0.494 e. The zero-order valence-electron chi connectivity index (χ0n) is 16.0. The van der Waals surface area contributed by atoms with Crippen molar-refractivity contribution in [3.05, 3.63) is 53.5 Å². The Balaban J connectivity index is 1.86. The summed E-state index contributed by atoms with van der Waals surface area (Å²) in [6.07, 6.45) is -4.90. The van der Waals surface area contributed by atoms with E-state index >= 15 is 0 Å². The minimum absolute atomic E-state index is 0.0187. The van der Waals surface area contributed by atoms with Gasteiger partial charge in [0.15, 0.2) is 5.60 Å². The molecule has 3 rings (SSSR count). The predicted octanol–water partition coefficient (Wildman–Crippen LogP) is 2.32. The number of carbonyl (C=O) groups is 1. The van der Waals surface area contributed by atoms with E-state index in [9.17, 15) is 23.1 Å². The highest BCUT2D eigenvalue weighted by Gasteiger charge is 2.52. The molecule has 1 aromatic carbocycles. The number of benzene rings is 1. The molecule has 3 aromatic rings. The summed E-state index contributed by atoms with van der Waals surface area (Å²) in [5.74, 6) is -0.366. The molecule has 30 heavy (non-hydrogen) atoms. The number of halogens is 3. The molecular weight excluding hydrogens is 403 g/mol. The van der Waals surface area contributed by atoms with E-state index in [0.717, 1.165) is 6.07 Å². The first kappa shape index (κ1) is 21.2. The maximum Gasteiger partial charge on any atom is 0.422 e. The highest BCUT2D eigenvalue weighted by atomic mass is 19.4. The Morgan fingerprint density at radius 3 is 2.53 bits per heavy atom. The Hall–Kier alpha value is -3.47. The van der Waals surface area contributed by atoms with E-state index in [2.05, 4.69) is 20.3 Å². The fourth-order valence-corrected chi connectivity index (χ4v) is 2.73. The van der Waals surface area contributed by atoms with Gasteiger partial charge in [0.2, 0.25) is 5.95 Å². The van der Waals surface area contributed by atoms with Crippen LogP contribution in [0, 0.1) is 0 Å². The van der Waals surface area contributed by atoms with E-state index in [4.69, 9.17) is 10.5 Å². The minimum atomic E-state index is -4.90. The molecule has 0 fully saturated rings. The van der Waals surface area contributed by atoms with Crippen molar-refractivity contribution in [2.45, 2.75) is 25.2 Å². The summed E-state index contributed by atoms with van der Waals surface area (Å²) in [5.41, 5.74) is 2.44. The van der Waals surface area contributed by atoms with E-state index in [1.54, 1.807) is 18.2 Å². The Bertz CT molecular complexity index is 1100. The second-order valence-electron chi connectivity index (χ2n) is 6.55. The number of aliphatic hydroxyl groups is 1. The molecule has 0 aliphatic rings. The molecule has 0 saturated heterocycles. The highest BCUT2D eigenvalue weighted by molar-refractivity contribution is 6.05. The zero-order chi connectivity index (χ0) is 22.1. The van der Waals surface area contributed by atoms with Crippen molar-refractivity contribution in [2.24, 2.45) is 0 Å². The van der Waals surface area contributed by atoms with Crippen LogP contribution in [0.25, 0.3) is 10.9 Å². The van der Waals surface area contributed by atoms with Crippen LogP contribution in [0.1, 0.15) is 28.8 Å². The molecule has 0 radical (unpaired) electrons. The molecular formula is C19H18F3N5O3. The van der Waals surface area contributed by atoms with Crippen LogP contribution in [-0.2, 0) is 12.1 Å². The third-order valence-corrected chi connectivity index (χ3v) is 4.43. The van der Waals surface area contributed by atoms with Crippen LogP contribution in [-0.4, -0.2) is 39.3 Å². The highest BCUT2D eigenvalue weighted by Crippen LogP contribution is 2.37. The van der Waals surface area contributed by atoms with Gasteiger partial charge in [0, 0.05) is 5.39 Å². The standard InChI is InChI=1S/C19H18F3N5O3/c1-18(29,19(20,21)22)13-8-3-5-10(25-13)9-24-16(28)15-11-6-4-7-12(30-2)14(11)26-17(23)27-15/h3-8,29H,9H2,1-2H3,(H,24,28)(H2,23,26,27). The number of hydrogen-bond acceptors (Lipinski definition) is 7. The summed E-state index contributed by atoms with van der Waals surface area (Å²) in [7, 11) is 1.45. The molecule has 1 unspecified atom stereocenters. The second-order valence-corrected chi connectivity index (χ2v) is 6.55. The lowest BCUT2D eigenvalue weighted by molar-refractivity contribution is -0.260. The van der Waals surface area contributed by atoms with Crippen LogP contribution in [0.5, 0.6) is 5.75 Å². The molecule has 0 saturated carbocycles. The van der Waals surface area contributed by atoms with Crippen molar-refractivity contribution >= 4 is 22.8 Å². The van der Waals surface area contributed by atoms with Crippen LogP contribution in [0.2, 0.25) is 0 Å². The van der Waals surface area contributed by atoms with Gasteiger partial charge in [0.25, 0.3) is 5.91 Å². The van der Waals surface area contributed by atoms with Gasteiger partial charge in [-0.2, -0.15) is 13.2 Å². The molecule has 158 valence electrons. The number of alkyl halides is 3. The number of amides is 1. The first-order valence-electron chi connectivity index (χ1n) is 8.68. The molecule has 1 atom stereocenters. The number of hydrogen-bond donors (Lipinski definition) is 3. The predicted molar refractivity (Wildman–Crippen MR) is 102 cm³/mol. The number of fused-ring (bicyclic) bond motifs is 1. The molecule has 0 spiro atoms. The number of rotatable bonds is 5. The molecule has 2 heterocycles. The number of nitrogens with two attached hydrogens (primary N) is 1. The number of pyridine rings is 1. The summed E-state index contributed by atoms with van der Waals surface area (Å²) in [5, 5.41) is 12.7. The summed E-state index contributed by atoms with van der Waals surface area (Å²) < 4.78 is 44.3. The van der Waals surface area contributed by atoms with Crippen molar-refractivity contribution in [2.75, 3.05) is 12.8 Å². The molecule has 4 N–H and O–H groups in total. The molecule has 8 nitrogen and oxygen atoms in total. The van der Waals surface area contributed by atoms with Gasteiger partial charge in [-0.05, 0) is 25.1 Å². The number of carbonyl (C=O) groups excluding carboxylic acids is 1. The number of nitrogen functional groups attached to an aromatic ring is 1. The van der Waals surface area contributed by atoms with Crippen molar-refractivity contribution in [3.63, 3.8) is 0 Å². The lowest BCUT2D eigenvalue weighted by atomic mass is 10.0. The lowest BCUT2D eigenvalue weighted by Gasteiger charge is -2.25. The summed E-state index contributed by atoms with van der Waals surface area (Å²) in [6.45, 7) is 0.414. The summed E-state index contributed by atoms with van der Waals surface area (Å²) in [4.78, 5) is 24.5. The quantitative estimate of drug-likeness (QED) is 0.578. The average Bonchev–Trinajstić information content (AvgIpc) is 2.70. The van der Waals surface area contributed by atoms with Gasteiger partial charge in [0.1, 0.15) is 17.0 Å². The fourth-order valence-electron chi connectivity index (χ4n) is 2.73. The second kappa shape index (κ2) is 7.75. The number of ether oxygens (including phenoxy) is 1. The zero-order valence-corrected chi connectivity index (χ0v) is 16.0. The van der Waals surface area contributed by atoms with E-state index in [-0.39, 0.29) is 23.9 Å². The Morgan fingerprint density at radius 1 is 1.17 bits per heavy atom. The topological polar surface area (TPSA) is 123 Å². The van der Waals surface area contributed by atoms with Crippen LogP contribution in [0.15, 0.2) is 36.4 Å². The van der Waals surface area contributed by atoms with E-state index in [1.165, 1.54) is 19.2 Å². The molecule has 1 amide bonds. The number of nitrogens with zero attached hydrogens (tertiary/aromatic N) is 3. The summed E-state index contributed by atoms with van der Waals surface area (Å²) in [6, 6.07) is 8.72. The smallest absolute Gasteiger partial charge is 0.422 e. The van der Waals surface area contributed by atoms with E-state index < -0.39 is 23.4 Å². The Morgan fingerprint density at radius 2 is 1.87 bits per heavy atom. The number of nitrogens with one attached hydrogen (secondary N) is 1.